The molecule has 1 amide bonds. The van der Waals surface area contributed by atoms with E-state index in [4.69, 9.17) is 0 Å². The number of nitrogens with one attached hydrogen (secondary N) is 1. The van der Waals surface area contributed by atoms with Crippen LogP contribution in [0.25, 0.3) is 10.9 Å². The molecule has 3 aromatic rings. The van der Waals surface area contributed by atoms with E-state index in [0.29, 0.717) is 19.0 Å². The highest BCUT2D eigenvalue weighted by Crippen LogP contribution is 2.27. The third-order valence-electron chi connectivity index (χ3n) is 5.35. The number of carbonyl (C=O) groups is 1. The molecule has 0 bridgehead atoms. The molecule has 0 atom stereocenters. The van der Waals surface area contributed by atoms with Gasteiger partial charge in [-0.05, 0) is 48.9 Å². The highest BCUT2D eigenvalue weighted by molar-refractivity contribution is 5.94. The fraction of sp³-hybridized carbons (Fsp3) is 0.286. The number of piperidine rings is 1. The molecule has 27 heavy (non-hydrogen) atoms. The highest BCUT2D eigenvalue weighted by atomic mass is 19.2. The average molecular weight is 372 g/mol. The number of likely N-dealkylation sites (tertiary alicyclic amines) is 1. The molecule has 0 saturated carbocycles. The van der Waals surface area contributed by atoms with Gasteiger partial charge in [-0.3, -0.25) is 4.79 Å². The molecular formula is C21H19F3N2O. The number of carbonyl (C=O) groups excluding carboxylic acids is 1. The second-order valence-electron chi connectivity index (χ2n) is 7.02. The molecule has 1 aliphatic heterocycles. The van der Waals surface area contributed by atoms with Crippen LogP contribution in [-0.4, -0.2) is 28.9 Å². The summed E-state index contributed by atoms with van der Waals surface area (Å²) in [6.45, 7) is 0.953. The van der Waals surface area contributed by atoms with Crippen LogP contribution in [0.3, 0.4) is 0 Å². The number of aromatic nitrogens is 1. The third-order valence-corrected chi connectivity index (χ3v) is 5.35. The summed E-state index contributed by atoms with van der Waals surface area (Å²) in [4.78, 5) is 17.3. The molecule has 1 aliphatic rings. The normalized spacial score (nSPS) is 15.4. The summed E-state index contributed by atoms with van der Waals surface area (Å²) in [5.74, 6) is -4.47. The third kappa shape index (κ3) is 3.31. The van der Waals surface area contributed by atoms with Crippen LogP contribution < -0.4 is 0 Å². The Morgan fingerprint density at radius 3 is 2.56 bits per heavy atom. The van der Waals surface area contributed by atoms with E-state index in [1.165, 1.54) is 15.8 Å². The Hall–Kier alpha value is -2.76. The van der Waals surface area contributed by atoms with Crippen LogP contribution in [0.4, 0.5) is 13.2 Å². The molecule has 6 heteroatoms. The number of para-hydroxylation sites is 1. The molecule has 1 fully saturated rings. The van der Waals surface area contributed by atoms with Crippen molar-refractivity contribution >= 4 is 16.8 Å². The van der Waals surface area contributed by atoms with Gasteiger partial charge in [0.1, 0.15) is 0 Å². The second-order valence-corrected chi connectivity index (χ2v) is 7.02. The first-order chi connectivity index (χ1) is 13.0. The molecule has 0 aliphatic carbocycles. The zero-order valence-electron chi connectivity index (χ0n) is 14.6. The first-order valence-corrected chi connectivity index (χ1v) is 9.02. The molecule has 140 valence electrons. The SMILES string of the molecule is O=C(c1ccc(F)c(F)c1F)N1CCC(Cc2c[nH]c3ccccc23)CC1. The Labute approximate surface area is 154 Å². The van der Waals surface area contributed by atoms with Crippen molar-refractivity contribution in [2.75, 3.05) is 13.1 Å². The van der Waals surface area contributed by atoms with Gasteiger partial charge in [0.2, 0.25) is 0 Å². The minimum Gasteiger partial charge on any atom is -0.361 e. The van der Waals surface area contributed by atoms with Crippen molar-refractivity contribution in [3.8, 4) is 0 Å². The zero-order valence-corrected chi connectivity index (χ0v) is 14.6. The molecule has 3 nitrogen and oxygen atoms in total. The van der Waals surface area contributed by atoms with Gasteiger partial charge in [-0.1, -0.05) is 18.2 Å². The van der Waals surface area contributed by atoms with Gasteiger partial charge in [-0.25, -0.2) is 13.2 Å². The van der Waals surface area contributed by atoms with E-state index in [2.05, 4.69) is 11.1 Å². The fourth-order valence-corrected chi connectivity index (χ4v) is 3.81. The van der Waals surface area contributed by atoms with E-state index in [0.717, 1.165) is 36.9 Å². The maximum absolute atomic E-state index is 13.9. The van der Waals surface area contributed by atoms with E-state index in [1.807, 2.05) is 24.4 Å². The summed E-state index contributed by atoms with van der Waals surface area (Å²) in [6.07, 6.45) is 4.51. The van der Waals surface area contributed by atoms with E-state index < -0.39 is 28.9 Å². The molecule has 1 aromatic heterocycles. The molecule has 2 aromatic carbocycles. The van der Waals surface area contributed by atoms with Crippen molar-refractivity contribution in [2.24, 2.45) is 5.92 Å². The van der Waals surface area contributed by atoms with Crippen LogP contribution in [-0.2, 0) is 6.42 Å². The largest absolute Gasteiger partial charge is 0.361 e. The van der Waals surface area contributed by atoms with Crippen molar-refractivity contribution in [3.63, 3.8) is 0 Å². The molecule has 0 spiro atoms. The van der Waals surface area contributed by atoms with Gasteiger partial charge in [-0.15, -0.1) is 0 Å². The Morgan fingerprint density at radius 1 is 1.04 bits per heavy atom. The number of nitrogens with zero attached hydrogens (tertiary/aromatic N) is 1. The van der Waals surface area contributed by atoms with E-state index in [1.54, 1.807) is 0 Å². The van der Waals surface area contributed by atoms with Crippen LogP contribution in [0.1, 0.15) is 28.8 Å². The predicted molar refractivity (Wildman–Crippen MR) is 96.9 cm³/mol. The molecule has 4 rings (SSSR count). The number of hydrogen-bond donors (Lipinski definition) is 1. The lowest BCUT2D eigenvalue weighted by Gasteiger charge is -2.32. The summed E-state index contributed by atoms with van der Waals surface area (Å²) in [5, 5.41) is 1.21. The topological polar surface area (TPSA) is 36.1 Å². The van der Waals surface area contributed by atoms with E-state index in [-0.39, 0.29) is 0 Å². The van der Waals surface area contributed by atoms with Gasteiger partial charge in [0, 0.05) is 30.2 Å². The number of aromatic amines is 1. The van der Waals surface area contributed by atoms with Gasteiger partial charge >= 0.3 is 0 Å². The maximum atomic E-state index is 13.9. The fourth-order valence-electron chi connectivity index (χ4n) is 3.81. The van der Waals surface area contributed by atoms with Gasteiger partial charge in [0.25, 0.3) is 5.91 Å². The molecule has 0 unspecified atom stereocenters. The van der Waals surface area contributed by atoms with E-state index in [9.17, 15) is 18.0 Å². The minimum atomic E-state index is -1.60. The number of fused-ring (bicyclic) bond motifs is 1. The molecule has 1 N–H and O–H groups in total. The number of H-pyrrole nitrogens is 1. The molecule has 1 saturated heterocycles. The van der Waals surface area contributed by atoms with Crippen molar-refractivity contribution in [3.05, 3.63) is 71.2 Å². The maximum Gasteiger partial charge on any atom is 0.256 e. The minimum absolute atomic E-state index is 0.413. The number of amides is 1. The van der Waals surface area contributed by atoms with Crippen LogP contribution in [0.2, 0.25) is 0 Å². The van der Waals surface area contributed by atoms with Crippen molar-refractivity contribution in [1.29, 1.82) is 0 Å². The highest BCUT2D eigenvalue weighted by Gasteiger charge is 2.27. The molecule has 0 radical (unpaired) electrons. The monoisotopic (exact) mass is 372 g/mol. The summed E-state index contributed by atoms with van der Waals surface area (Å²) < 4.78 is 40.3. The first-order valence-electron chi connectivity index (χ1n) is 9.02. The first kappa shape index (κ1) is 17.6. The Balaban J connectivity index is 1.42. The average Bonchev–Trinajstić information content (AvgIpc) is 3.09. The summed E-state index contributed by atoms with van der Waals surface area (Å²) in [5.41, 5.74) is 1.94. The number of rotatable bonds is 3. The lowest BCUT2D eigenvalue weighted by atomic mass is 9.90. The van der Waals surface area contributed by atoms with Crippen LogP contribution in [0, 0.1) is 23.4 Å². The van der Waals surface area contributed by atoms with Crippen molar-refractivity contribution < 1.29 is 18.0 Å². The van der Waals surface area contributed by atoms with E-state index >= 15 is 0 Å². The molecule has 2 heterocycles. The van der Waals surface area contributed by atoms with Gasteiger partial charge in [-0.2, -0.15) is 0 Å². The van der Waals surface area contributed by atoms with Crippen LogP contribution >= 0.6 is 0 Å². The predicted octanol–water partition coefficient (Wildman–Crippen LogP) is 4.68. The van der Waals surface area contributed by atoms with Crippen molar-refractivity contribution in [1.82, 2.24) is 9.88 Å². The van der Waals surface area contributed by atoms with Gasteiger partial charge < -0.3 is 9.88 Å². The van der Waals surface area contributed by atoms with Crippen molar-refractivity contribution in [2.45, 2.75) is 19.3 Å². The summed E-state index contributed by atoms with van der Waals surface area (Å²) in [7, 11) is 0. The number of hydrogen-bond acceptors (Lipinski definition) is 1. The Kier molecular flexibility index (Phi) is 4.64. The van der Waals surface area contributed by atoms with Crippen LogP contribution in [0.15, 0.2) is 42.6 Å². The van der Waals surface area contributed by atoms with Gasteiger partial charge in [0.15, 0.2) is 17.5 Å². The Bertz CT molecular complexity index is 990. The Morgan fingerprint density at radius 2 is 1.78 bits per heavy atom. The lowest BCUT2D eigenvalue weighted by molar-refractivity contribution is 0.0684. The molecular weight excluding hydrogens is 353 g/mol. The standard InChI is InChI=1S/C21H19F3N2O/c22-17-6-5-16(19(23)20(17)24)21(27)26-9-7-13(8-10-26)11-14-12-25-18-4-2-1-3-15(14)18/h1-6,12-13,25H,7-11H2. The number of halogens is 3. The van der Waals surface area contributed by atoms with Crippen LogP contribution in [0.5, 0.6) is 0 Å². The zero-order chi connectivity index (χ0) is 19.0. The second kappa shape index (κ2) is 7.10. The smallest absolute Gasteiger partial charge is 0.256 e. The number of benzene rings is 2. The lowest BCUT2D eigenvalue weighted by Crippen LogP contribution is -2.39. The quantitative estimate of drug-likeness (QED) is 0.666. The summed E-state index contributed by atoms with van der Waals surface area (Å²) in [6, 6.07) is 9.92. The summed E-state index contributed by atoms with van der Waals surface area (Å²) >= 11 is 0. The van der Waals surface area contributed by atoms with Gasteiger partial charge in [0.05, 0.1) is 5.56 Å².